The average Bonchev–Trinajstić information content (AvgIpc) is 2.38. The molecule has 1 atom stereocenters. The van der Waals surface area contributed by atoms with Gasteiger partial charge in [-0.3, -0.25) is 4.79 Å². The summed E-state index contributed by atoms with van der Waals surface area (Å²) in [6.07, 6.45) is 0.734. The third kappa shape index (κ3) is 3.63. The van der Waals surface area contributed by atoms with E-state index in [-0.39, 0.29) is 11.9 Å². The lowest BCUT2D eigenvalue weighted by Crippen LogP contribution is -2.34. The number of amides is 1. The maximum absolute atomic E-state index is 12.1. The maximum Gasteiger partial charge on any atom is 0.255 e. The highest BCUT2D eigenvalue weighted by Gasteiger charge is 2.15. The van der Waals surface area contributed by atoms with Gasteiger partial charge >= 0.3 is 0 Å². The Kier molecular flexibility index (Phi) is 5.45. The van der Waals surface area contributed by atoms with Gasteiger partial charge in [0.15, 0.2) is 0 Å². The van der Waals surface area contributed by atoms with Crippen LogP contribution in [0.15, 0.2) is 18.2 Å². The standard InChI is InChI=1S/C13H20N2O3/c1-9(6-7-14)15-13(16)11-8-10(17-2)4-5-12(11)18-3/h4-5,8-9H,6-7,14H2,1-3H3,(H,15,16). The van der Waals surface area contributed by atoms with E-state index >= 15 is 0 Å². The second kappa shape index (κ2) is 6.86. The number of hydrogen-bond donors (Lipinski definition) is 2. The number of nitrogens with one attached hydrogen (secondary N) is 1. The Morgan fingerprint density at radius 1 is 1.39 bits per heavy atom. The fourth-order valence-electron chi connectivity index (χ4n) is 1.62. The van der Waals surface area contributed by atoms with Gasteiger partial charge in [0.05, 0.1) is 19.8 Å². The number of nitrogens with two attached hydrogens (primary N) is 1. The van der Waals surface area contributed by atoms with Crippen LogP contribution in [0, 0.1) is 0 Å². The Bertz CT molecular complexity index is 407. The minimum absolute atomic E-state index is 0.0263. The number of methoxy groups -OCH3 is 2. The van der Waals surface area contributed by atoms with E-state index in [2.05, 4.69) is 5.32 Å². The van der Waals surface area contributed by atoms with Crippen LogP contribution in [-0.4, -0.2) is 32.7 Å². The molecule has 0 spiro atoms. The number of benzene rings is 1. The first-order valence-electron chi connectivity index (χ1n) is 5.85. The van der Waals surface area contributed by atoms with Crippen molar-refractivity contribution in [3.05, 3.63) is 23.8 Å². The summed E-state index contributed by atoms with van der Waals surface area (Å²) >= 11 is 0. The number of carbonyl (C=O) groups is 1. The van der Waals surface area contributed by atoms with Gasteiger partial charge in [0.25, 0.3) is 5.91 Å². The highest BCUT2D eigenvalue weighted by atomic mass is 16.5. The number of rotatable bonds is 6. The second-order valence-corrected chi connectivity index (χ2v) is 4.02. The van der Waals surface area contributed by atoms with Gasteiger partial charge < -0.3 is 20.5 Å². The van der Waals surface area contributed by atoms with Gasteiger partial charge in [0, 0.05) is 6.04 Å². The summed E-state index contributed by atoms with van der Waals surface area (Å²) in [5, 5.41) is 2.87. The molecule has 1 rings (SSSR count). The van der Waals surface area contributed by atoms with Crippen molar-refractivity contribution in [2.45, 2.75) is 19.4 Å². The topological polar surface area (TPSA) is 73.6 Å². The molecule has 0 aliphatic heterocycles. The first-order valence-corrected chi connectivity index (χ1v) is 5.85. The predicted octanol–water partition coefficient (Wildman–Crippen LogP) is 1.17. The predicted molar refractivity (Wildman–Crippen MR) is 70.1 cm³/mol. The van der Waals surface area contributed by atoms with Gasteiger partial charge in [0.2, 0.25) is 0 Å². The molecule has 0 heterocycles. The number of ether oxygens (including phenoxy) is 2. The van der Waals surface area contributed by atoms with Crippen LogP contribution >= 0.6 is 0 Å². The molecular weight excluding hydrogens is 232 g/mol. The quantitative estimate of drug-likeness (QED) is 0.797. The van der Waals surface area contributed by atoms with Crippen molar-refractivity contribution >= 4 is 5.91 Å². The van der Waals surface area contributed by atoms with Crippen LogP contribution in [0.3, 0.4) is 0 Å². The number of hydrogen-bond acceptors (Lipinski definition) is 4. The van der Waals surface area contributed by atoms with Crippen LogP contribution in [0.5, 0.6) is 11.5 Å². The monoisotopic (exact) mass is 252 g/mol. The summed E-state index contributed by atoms with van der Waals surface area (Å²) < 4.78 is 10.3. The third-order valence-corrected chi connectivity index (χ3v) is 2.63. The molecule has 0 radical (unpaired) electrons. The van der Waals surface area contributed by atoms with E-state index in [1.54, 1.807) is 25.3 Å². The minimum Gasteiger partial charge on any atom is -0.497 e. The molecule has 0 aromatic heterocycles. The molecule has 5 nitrogen and oxygen atoms in total. The molecule has 1 unspecified atom stereocenters. The molecule has 1 aromatic carbocycles. The van der Waals surface area contributed by atoms with E-state index in [0.717, 1.165) is 6.42 Å². The molecule has 3 N–H and O–H groups in total. The van der Waals surface area contributed by atoms with Crippen molar-refractivity contribution in [3.8, 4) is 11.5 Å². The highest BCUT2D eigenvalue weighted by Crippen LogP contribution is 2.23. The lowest BCUT2D eigenvalue weighted by atomic mass is 10.1. The fourth-order valence-corrected chi connectivity index (χ4v) is 1.62. The zero-order valence-electron chi connectivity index (χ0n) is 11.0. The normalized spacial score (nSPS) is 11.8. The molecule has 1 amide bonds. The van der Waals surface area contributed by atoms with Crippen molar-refractivity contribution in [2.24, 2.45) is 5.73 Å². The smallest absolute Gasteiger partial charge is 0.255 e. The van der Waals surface area contributed by atoms with Crippen LogP contribution in [-0.2, 0) is 0 Å². The lowest BCUT2D eigenvalue weighted by molar-refractivity contribution is 0.0935. The van der Waals surface area contributed by atoms with Crippen LogP contribution in [0.4, 0.5) is 0 Å². The van der Waals surface area contributed by atoms with Gasteiger partial charge in [-0.1, -0.05) is 0 Å². The molecule has 0 bridgehead atoms. The molecule has 0 aliphatic carbocycles. The summed E-state index contributed by atoms with van der Waals surface area (Å²) in [5.74, 6) is 0.951. The minimum atomic E-state index is -0.188. The molecule has 0 saturated heterocycles. The lowest BCUT2D eigenvalue weighted by Gasteiger charge is -2.15. The highest BCUT2D eigenvalue weighted by molar-refractivity contribution is 5.97. The van der Waals surface area contributed by atoms with Gasteiger partial charge in [-0.05, 0) is 38.1 Å². The molecule has 0 aliphatic rings. The molecular formula is C13H20N2O3. The SMILES string of the molecule is COc1ccc(OC)c(C(=O)NC(C)CCN)c1. The van der Waals surface area contributed by atoms with E-state index < -0.39 is 0 Å². The molecule has 1 aromatic rings. The van der Waals surface area contributed by atoms with Crippen molar-refractivity contribution in [1.29, 1.82) is 0 Å². The van der Waals surface area contributed by atoms with Gasteiger partial charge in [-0.15, -0.1) is 0 Å². The Hall–Kier alpha value is -1.75. The summed E-state index contributed by atoms with van der Waals surface area (Å²) in [6.45, 7) is 2.45. The summed E-state index contributed by atoms with van der Waals surface area (Å²) in [5.41, 5.74) is 5.91. The van der Waals surface area contributed by atoms with Crippen LogP contribution in [0.1, 0.15) is 23.7 Å². The van der Waals surface area contributed by atoms with E-state index in [0.29, 0.717) is 23.6 Å². The van der Waals surface area contributed by atoms with Crippen molar-refractivity contribution < 1.29 is 14.3 Å². The van der Waals surface area contributed by atoms with Crippen molar-refractivity contribution in [1.82, 2.24) is 5.32 Å². The van der Waals surface area contributed by atoms with E-state index in [4.69, 9.17) is 15.2 Å². The first-order chi connectivity index (χ1) is 8.62. The van der Waals surface area contributed by atoms with E-state index in [9.17, 15) is 4.79 Å². The second-order valence-electron chi connectivity index (χ2n) is 4.02. The Balaban J connectivity index is 2.88. The first kappa shape index (κ1) is 14.3. The molecule has 100 valence electrons. The van der Waals surface area contributed by atoms with Gasteiger partial charge in [0.1, 0.15) is 11.5 Å². The van der Waals surface area contributed by atoms with Gasteiger partial charge in [-0.25, -0.2) is 0 Å². The zero-order valence-corrected chi connectivity index (χ0v) is 11.0. The van der Waals surface area contributed by atoms with E-state index in [1.165, 1.54) is 7.11 Å². The van der Waals surface area contributed by atoms with Gasteiger partial charge in [-0.2, -0.15) is 0 Å². The maximum atomic E-state index is 12.1. The molecule has 0 saturated carbocycles. The Morgan fingerprint density at radius 2 is 2.11 bits per heavy atom. The average molecular weight is 252 g/mol. The summed E-state index contributed by atoms with van der Waals surface area (Å²) in [6, 6.07) is 5.14. The van der Waals surface area contributed by atoms with Crippen LogP contribution in [0.2, 0.25) is 0 Å². The summed E-state index contributed by atoms with van der Waals surface area (Å²) in [4.78, 5) is 12.1. The van der Waals surface area contributed by atoms with Crippen LogP contribution < -0.4 is 20.5 Å². The van der Waals surface area contributed by atoms with Crippen molar-refractivity contribution in [3.63, 3.8) is 0 Å². The zero-order chi connectivity index (χ0) is 13.5. The largest absolute Gasteiger partial charge is 0.497 e. The molecule has 18 heavy (non-hydrogen) atoms. The molecule has 0 fully saturated rings. The number of carbonyl (C=O) groups excluding carboxylic acids is 1. The van der Waals surface area contributed by atoms with E-state index in [1.807, 2.05) is 6.92 Å². The molecule has 5 heteroatoms. The Morgan fingerprint density at radius 3 is 2.67 bits per heavy atom. The van der Waals surface area contributed by atoms with Crippen LogP contribution in [0.25, 0.3) is 0 Å². The fraction of sp³-hybridized carbons (Fsp3) is 0.462. The summed E-state index contributed by atoms with van der Waals surface area (Å²) in [7, 11) is 3.09. The van der Waals surface area contributed by atoms with Crippen molar-refractivity contribution in [2.75, 3.05) is 20.8 Å². The Labute approximate surface area is 107 Å². The third-order valence-electron chi connectivity index (χ3n) is 2.63.